The van der Waals surface area contributed by atoms with E-state index in [-0.39, 0.29) is 135 Å². The van der Waals surface area contributed by atoms with Gasteiger partial charge in [-0.1, -0.05) is 0 Å². The van der Waals surface area contributed by atoms with Gasteiger partial charge >= 0.3 is 21.4 Å². The Balaban J connectivity index is 1.35. The van der Waals surface area contributed by atoms with Crippen LogP contribution < -0.4 is 22.1 Å². The van der Waals surface area contributed by atoms with Crippen molar-refractivity contribution in [3.05, 3.63) is 0 Å². The molecular weight excluding hydrogens is 1010 g/mol. The highest BCUT2D eigenvalue weighted by atomic mass is 31.2. The van der Waals surface area contributed by atoms with Gasteiger partial charge in [-0.05, 0) is 75.8 Å². The van der Waals surface area contributed by atoms with Gasteiger partial charge in [-0.25, -0.2) is 28.1 Å². The van der Waals surface area contributed by atoms with Gasteiger partial charge in [0.1, 0.15) is 12.4 Å². The fourth-order valence-corrected chi connectivity index (χ4v) is 15.1. The van der Waals surface area contributed by atoms with Gasteiger partial charge in [-0.15, -0.1) is 0 Å². The van der Waals surface area contributed by atoms with Crippen molar-refractivity contribution in [2.45, 2.75) is 83.6 Å². The standard InChI is InChI=1S/C42H83N12O15P3/c1-31(56)19-35(11-10-12-46-41(43)44)40(58)47-20-39(57)51-21-32(2)67-36(24-51)27-64-70(60,30-45-5)53-22-33(3)68-37(25-53)28-66-72(62,49(8)9)54-23-34(4)69-38(26-54)29-65-71(61,48(6)7)52-15-13-50(14-16-52)42(59)63-18-17-55/h32-38,45,55H,10-30H2,1-9H3,(H,47,58)(H4,43,44,46). The molecule has 0 spiro atoms. The second-order valence-electron chi connectivity index (χ2n) is 19.0. The highest BCUT2D eigenvalue weighted by molar-refractivity contribution is 7.56. The van der Waals surface area contributed by atoms with Gasteiger partial charge in [-0.3, -0.25) is 28.3 Å². The zero-order valence-electron chi connectivity index (χ0n) is 43.6. The smallest absolute Gasteiger partial charge is 0.409 e. The number of nitrogens with two attached hydrogens (primary N) is 2. The number of aliphatic hydroxyl groups excluding tert-OH is 1. The molecule has 27 nitrogen and oxygen atoms in total. The van der Waals surface area contributed by atoms with Crippen LogP contribution in [-0.2, 0) is 60.6 Å². The molecule has 0 saturated carbocycles. The number of morpholine rings is 3. The Morgan fingerprint density at radius 2 is 1.28 bits per heavy atom. The van der Waals surface area contributed by atoms with Crippen LogP contribution in [0.1, 0.15) is 47.0 Å². The molecule has 7 N–H and O–H groups in total. The van der Waals surface area contributed by atoms with Crippen molar-refractivity contribution in [2.75, 3.05) is 153 Å². The van der Waals surface area contributed by atoms with Crippen LogP contribution >= 0.6 is 22.9 Å². The number of hydrogen-bond acceptors (Lipinski definition) is 17. The third-order valence-electron chi connectivity index (χ3n) is 12.3. The Morgan fingerprint density at radius 3 is 1.82 bits per heavy atom. The maximum Gasteiger partial charge on any atom is 0.409 e. The second-order valence-corrected chi connectivity index (χ2v) is 26.6. The van der Waals surface area contributed by atoms with Gasteiger partial charge in [0, 0.05) is 84.3 Å². The second kappa shape index (κ2) is 29.0. The van der Waals surface area contributed by atoms with E-state index in [4.69, 9.17) is 49.1 Å². The molecule has 4 heterocycles. The monoisotopic (exact) mass is 1090 g/mol. The minimum Gasteiger partial charge on any atom is -0.447 e. The van der Waals surface area contributed by atoms with Gasteiger partial charge in [0.25, 0.3) is 7.52 Å². The van der Waals surface area contributed by atoms with E-state index in [0.717, 1.165) is 0 Å². The molecule has 4 saturated heterocycles. The van der Waals surface area contributed by atoms with Crippen molar-refractivity contribution < 1.29 is 70.5 Å². The van der Waals surface area contributed by atoms with Crippen LogP contribution in [0.3, 0.4) is 0 Å². The molecule has 3 amide bonds. The lowest BCUT2D eigenvalue weighted by atomic mass is 9.96. The van der Waals surface area contributed by atoms with Crippen LogP contribution in [0.4, 0.5) is 4.79 Å². The molecule has 30 heteroatoms. The van der Waals surface area contributed by atoms with Gasteiger partial charge in [-0.2, -0.15) is 0 Å². The number of aliphatic hydroxyl groups is 1. The first-order valence-corrected chi connectivity index (χ1v) is 29.3. The van der Waals surface area contributed by atoms with E-state index in [1.165, 1.54) is 21.2 Å². The fraction of sp³-hybridized carbons (Fsp3) is 0.881. The summed E-state index contributed by atoms with van der Waals surface area (Å²) in [5.74, 6) is -1.63. The molecule has 72 heavy (non-hydrogen) atoms. The van der Waals surface area contributed by atoms with Crippen molar-refractivity contribution in [3.8, 4) is 0 Å². The van der Waals surface area contributed by atoms with E-state index in [1.807, 2.05) is 20.8 Å². The Labute approximate surface area is 424 Å². The maximum atomic E-state index is 14.9. The van der Waals surface area contributed by atoms with Crippen molar-refractivity contribution in [1.82, 2.24) is 43.8 Å². The van der Waals surface area contributed by atoms with Crippen LogP contribution in [0.25, 0.3) is 0 Å². The van der Waals surface area contributed by atoms with Gasteiger partial charge < -0.3 is 74.3 Å². The molecule has 0 bridgehead atoms. The molecule has 10 unspecified atom stereocenters. The van der Waals surface area contributed by atoms with Gasteiger partial charge in [0.15, 0.2) is 5.96 Å². The lowest BCUT2D eigenvalue weighted by Crippen LogP contribution is -2.53. The highest BCUT2D eigenvalue weighted by Gasteiger charge is 2.45. The van der Waals surface area contributed by atoms with Crippen LogP contribution in [0.2, 0.25) is 0 Å². The van der Waals surface area contributed by atoms with Gasteiger partial charge in [0.05, 0.1) is 75.9 Å². The molecule has 0 aromatic rings. The Bertz CT molecular complexity index is 1950. The average Bonchev–Trinajstić information content (AvgIpc) is 3.32. The Kier molecular flexibility index (Phi) is 24.9. The Hall–Kier alpha value is -2.68. The summed E-state index contributed by atoms with van der Waals surface area (Å²) in [5, 5.41) is 14.7. The number of aliphatic imine (C=N–C) groups is 1. The number of rotatable bonds is 27. The summed E-state index contributed by atoms with van der Waals surface area (Å²) in [7, 11) is -2.68. The van der Waals surface area contributed by atoms with Crippen LogP contribution in [0.5, 0.6) is 0 Å². The number of carbonyl (C=O) groups excluding carboxylic acids is 4. The van der Waals surface area contributed by atoms with E-state index in [0.29, 0.717) is 19.4 Å². The summed E-state index contributed by atoms with van der Waals surface area (Å²) in [6.45, 7) is 8.36. The largest absolute Gasteiger partial charge is 0.447 e. The van der Waals surface area contributed by atoms with E-state index in [2.05, 4.69) is 15.6 Å². The molecule has 416 valence electrons. The maximum absolute atomic E-state index is 14.9. The molecule has 4 aliphatic heterocycles. The molecule has 0 aliphatic carbocycles. The normalized spacial score (nSPS) is 26.8. The summed E-state index contributed by atoms with van der Waals surface area (Å²) in [4.78, 5) is 57.7. The molecule has 4 rings (SSSR count). The van der Waals surface area contributed by atoms with Crippen molar-refractivity contribution in [3.63, 3.8) is 0 Å². The van der Waals surface area contributed by atoms with Crippen molar-refractivity contribution in [1.29, 1.82) is 0 Å². The number of nitrogens with zero attached hydrogens (tertiary/aromatic N) is 8. The number of guanidine groups is 1. The van der Waals surface area contributed by atoms with E-state index < -0.39 is 77.4 Å². The number of ether oxygens (including phenoxy) is 4. The number of amides is 3. The minimum absolute atomic E-state index is 0.0139. The number of carbonyl (C=O) groups is 4. The fourth-order valence-electron chi connectivity index (χ4n) is 8.90. The Morgan fingerprint density at radius 1 is 0.750 bits per heavy atom. The number of ketones is 1. The quantitative estimate of drug-likeness (QED) is 0.0314. The highest BCUT2D eigenvalue weighted by Crippen LogP contribution is 2.56. The summed E-state index contributed by atoms with van der Waals surface area (Å²) < 4.78 is 94.7. The summed E-state index contributed by atoms with van der Waals surface area (Å²) in [6, 6.07) is 0. The zero-order chi connectivity index (χ0) is 53.4. The molecule has 10 atom stereocenters. The predicted octanol–water partition coefficient (Wildman–Crippen LogP) is 0.0517. The van der Waals surface area contributed by atoms with Crippen LogP contribution in [0, 0.1) is 5.92 Å². The van der Waals surface area contributed by atoms with Crippen LogP contribution in [-0.4, -0.2) is 258 Å². The van der Waals surface area contributed by atoms with E-state index in [1.54, 1.807) is 54.1 Å². The first-order valence-electron chi connectivity index (χ1n) is 24.5. The zero-order valence-corrected chi connectivity index (χ0v) is 46.3. The third-order valence-corrected chi connectivity index (χ3v) is 19.9. The first kappa shape index (κ1) is 61.9. The molecule has 4 aliphatic rings. The van der Waals surface area contributed by atoms with E-state index in [9.17, 15) is 32.9 Å². The average molecular weight is 1090 g/mol. The summed E-state index contributed by atoms with van der Waals surface area (Å²) >= 11 is 0. The van der Waals surface area contributed by atoms with Gasteiger partial charge in [0.2, 0.25) is 11.8 Å². The number of piperazine rings is 1. The SMILES string of the molecule is CNCP(=O)(OCC1CN(C(=O)CNC(=O)C(CCCN=C(N)N)CC(C)=O)CC(C)O1)N1CC(C)OC(COP(=O)(N(C)C)N2CC(C)OC(COP(=O)(N(C)C)N3CCN(C(=O)OCCO)CC3)C2)C1. The molecule has 4 fully saturated rings. The predicted molar refractivity (Wildman–Crippen MR) is 268 cm³/mol. The number of hydrogen-bond donors (Lipinski definition) is 5. The molecule has 0 aromatic heterocycles. The van der Waals surface area contributed by atoms with Crippen molar-refractivity contribution >= 4 is 52.5 Å². The molecule has 0 radical (unpaired) electrons. The summed E-state index contributed by atoms with van der Waals surface area (Å²) in [5.41, 5.74) is 10.8. The minimum atomic E-state index is -3.75. The first-order chi connectivity index (χ1) is 33.9. The van der Waals surface area contributed by atoms with Crippen LogP contribution in [0.15, 0.2) is 4.99 Å². The van der Waals surface area contributed by atoms with Crippen molar-refractivity contribution in [2.24, 2.45) is 22.4 Å². The lowest BCUT2D eigenvalue weighted by molar-refractivity contribution is -0.147. The number of Topliss-reactive ketones (excluding diaryl/α,β-unsaturated/α-hetero) is 1. The van der Waals surface area contributed by atoms with E-state index >= 15 is 0 Å². The molecular formula is C42H83N12O15P3. The number of nitrogens with one attached hydrogen (secondary N) is 2. The lowest BCUT2D eigenvalue weighted by Gasteiger charge is -2.44. The topological polar surface area (TPSA) is 315 Å². The summed E-state index contributed by atoms with van der Waals surface area (Å²) in [6.07, 6.45) is -2.88. The molecule has 0 aromatic carbocycles. The third kappa shape index (κ3) is 18.3.